The lowest BCUT2D eigenvalue weighted by atomic mass is 10.0. The Bertz CT molecular complexity index is 708. The van der Waals surface area contributed by atoms with Crippen molar-refractivity contribution in [2.45, 2.75) is 37.8 Å². The van der Waals surface area contributed by atoms with Gasteiger partial charge in [-0.25, -0.2) is 4.98 Å². The number of carbonyl (C=O) groups is 1. The van der Waals surface area contributed by atoms with E-state index in [9.17, 15) is 4.79 Å². The van der Waals surface area contributed by atoms with E-state index in [2.05, 4.69) is 25.8 Å². The lowest BCUT2D eigenvalue weighted by Crippen LogP contribution is -2.42. The molecule has 0 bridgehead atoms. The minimum Gasteiger partial charge on any atom is -0.367 e. The van der Waals surface area contributed by atoms with Crippen molar-refractivity contribution < 1.29 is 4.79 Å². The summed E-state index contributed by atoms with van der Waals surface area (Å²) in [6, 6.07) is 8.42. The monoisotopic (exact) mass is 338 g/mol. The predicted octanol–water partition coefficient (Wildman–Crippen LogP) is 2.16. The molecule has 1 saturated heterocycles. The maximum absolute atomic E-state index is 12.6. The maximum Gasteiger partial charge on any atom is 0.255 e. The maximum atomic E-state index is 12.6. The van der Waals surface area contributed by atoms with Crippen molar-refractivity contribution >= 4 is 17.5 Å². The topological polar surface area (TPSA) is 83.0 Å². The van der Waals surface area contributed by atoms with Crippen LogP contribution in [0.5, 0.6) is 0 Å². The first-order valence-electron chi connectivity index (χ1n) is 8.84. The van der Waals surface area contributed by atoms with Gasteiger partial charge in [0.2, 0.25) is 0 Å². The molecule has 130 valence electrons. The Morgan fingerprint density at radius 2 is 1.76 bits per heavy atom. The Kier molecular flexibility index (Phi) is 4.45. The zero-order valence-electron chi connectivity index (χ0n) is 14.1. The number of aromatic nitrogens is 3. The minimum absolute atomic E-state index is 0.0587. The van der Waals surface area contributed by atoms with Crippen LogP contribution in [0, 0.1) is 0 Å². The zero-order chi connectivity index (χ0) is 17.1. The van der Waals surface area contributed by atoms with Gasteiger partial charge >= 0.3 is 0 Å². The van der Waals surface area contributed by atoms with Crippen LogP contribution in [0.25, 0.3) is 0 Å². The Labute approximate surface area is 146 Å². The van der Waals surface area contributed by atoms with Gasteiger partial charge in [-0.3, -0.25) is 4.79 Å². The van der Waals surface area contributed by atoms with Crippen molar-refractivity contribution in [2.24, 2.45) is 0 Å². The van der Waals surface area contributed by atoms with Gasteiger partial charge in [-0.15, -0.1) is 5.10 Å². The molecule has 1 aliphatic heterocycles. The number of rotatable bonds is 5. The summed E-state index contributed by atoms with van der Waals surface area (Å²) in [5.41, 5.74) is 0.654. The van der Waals surface area contributed by atoms with Gasteiger partial charge in [0.25, 0.3) is 5.91 Å². The predicted molar refractivity (Wildman–Crippen MR) is 95.5 cm³/mol. The number of hydrogen-bond acceptors (Lipinski definition) is 6. The molecule has 2 aromatic rings. The summed E-state index contributed by atoms with van der Waals surface area (Å²) >= 11 is 0. The minimum atomic E-state index is 0.0587. The first-order chi connectivity index (χ1) is 12.3. The van der Waals surface area contributed by atoms with Crippen LogP contribution in [0.1, 0.15) is 36.0 Å². The van der Waals surface area contributed by atoms with E-state index >= 15 is 0 Å². The average Bonchev–Trinajstić information content (AvgIpc) is 3.47. The Morgan fingerprint density at radius 1 is 1.00 bits per heavy atom. The van der Waals surface area contributed by atoms with Gasteiger partial charge in [-0.05, 0) is 49.9 Å². The van der Waals surface area contributed by atoms with Crippen LogP contribution < -0.4 is 10.6 Å². The van der Waals surface area contributed by atoms with E-state index in [1.165, 1.54) is 12.8 Å². The molecule has 2 fully saturated rings. The summed E-state index contributed by atoms with van der Waals surface area (Å²) in [4.78, 5) is 18.9. The molecule has 1 amide bonds. The van der Waals surface area contributed by atoms with E-state index in [1.54, 1.807) is 12.4 Å². The normalized spacial score (nSPS) is 18.0. The van der Waals surface area contributed by atoms with E-state index in [4.69, 9.17) is 0 Å². The second-order valence-corrected chi connectivity index (χ2v) is 6.67. The van der Waals surface area contributed by atoms with Crippen LogP contribution in [0.2, 0.25) is 0 Å². The van der Waals surface area contributed by atoms with Crippen molar-refractivity contribution in [2.75, 3.05) is 23.7 Å². The molecule has 2 aliphatic rings. The summed E-state index contributed by atoms with van der Waals surface area (Å²) in [7, 11) is 0. The highest BCUT2D eigenvalue weighted by atomic mass is 16.2. The number of pyridine rings is 1. The lowest BCUT2D eigenvalue weighted by Gasteiger charge is -2.32. The summed E-state index contributed by atoms with van der Waals surface area (Å²) in [6.45, 7) is 1.47. The average molecular weight is 338 g/mol. The van der Waals surface area contributed by atoms with Crippen LogP contribution in [0.4, 0.5) is 11.6 Å². The molecular formula is C18H22N6O. The van der Waals surface area contributed by atoms with Crippen molar-refractivity contribution in [1.82, 2.24) is 20.1 Å². The van der Waals surface area contributed by atoms with Crippen LogP contribution in [-0.4, -0.2) is 51.2 Å². The standard InChI is InChI=1S/C18H22N6O/c25-18(13-3-6-16(19-12-13)21-14-4-5-14)24-10-7-15(8-11-24)22-17-2-1-9-20-23-17/h1-3,6,9,12,14-15H,4-5,7-8,10-11H2,(H,19,21)(H,22,23). The van der Waals surface area contributed by atoms with Crippen molar-refractivity contribution in [3.05, 3.63) is 42.2 Å². The van der Waals surface area contributed by atoms with Gasteiger partial charge < -0.3 is 15.5 Å². The number of anilines is 2. The molecule has 2 aromatic heterocycles. The highest BCUT2D eigenvalue weighted by molar-refractivity contribution is 5.94. The first-order valence-corrected chi connectivity index (χ1v) is 8.84. The Hall–Kier alpha value is -2.70. The van der Waals surface area contributed by atoms with Gasteiger partial charge in [0.15, 0.2) is 0 Å². The SMILES string of the molecule is O=C(c1ccc(NC2CC2)nc1)N1CCC(Nc2cccnn2)CC1. The number of amides is 1. The second kappa shape index (κ2) is 7.04. The van der Waals surface area contributed by atoms with E-state index in [0.29, 0.717) is 17.6 Å². The Morgan fingerprint density at radius 3 is 2.40 bits per heavy atom. The van der Waals surface area contributed by atoms with Crippen LogP contribution >= 0.6 is 0 Å². The smallest absolute Gasteiger partial charge is 0.255 e. The zero-order valence-corrected chi connectivity index (χ0v) is 14.1. The molecule has 1 aliphatic carbocycles. The van der Waals surface area contributed by atoms with E-state index in [-0.39, 0.29) is 5.91 Å². The fourth-order valence-electron chi connectivity index (χ4n) is 3.04. The molecule has 0 radical (unpaired) electrons. The lowest BCUT2D eigenvalue weighted by molar-refractivity contribution is 0.0718. The van der Waals surface area contributed by atoms with Crippen molar-refractivity contribution in [3.63, 3.8) is 0 Å². The summed E-state index contributed by atoms with van der Waals surface area (Å²) in [6.07, 6.45) is 7.55. The van der Waals surface area contributed by atoms with Gasteiger partial charge in [0, 0.05) is 37.6 Å². The molecule has 1 saturated carbocycles. The number of hydrogen-bond donors (Lipinski definition) is 2. The van der Waals surface area contributed by atoms with Gasteiger partial charge in [-0.1, -0.05) is 0 Å². The van der Waals surface area contributed by atoms with E-state index in [1.807, 2.05) is 29.2 Å². The summed E-state index contributed by atoms with van der Waals surface area (Å²) in [5.74, 6) is 1.70. The molecule has 3 heterocycles. The summed E-state index contributed by atoms with van der Waals surface area (Å²) < 4.78 is 0. The molecule has 0 atom stereocenters. The fourth-order valence-corrected chi connectivity index (χ4v) is 3.04. The molecule has 25 heavy (non-hydrogen) atoms. The third kappa shape index (κ3) is 4.04. The summed E-state index contributed by atoms with van der Waals surface area (Å²) in [5, 5.41) is 14.6. The number of nitrogens with zero attached hydrogens (tertiary/aromatic N) is 4. The molecule has 0 spiro atoms. The molecule has 2 N–H and O–H groups in total. The van der Waals surface area contributed by atoms with Crippen molar-refractivity contribution in [3.8, 4) is 0 Å². The van der Waals surface area contributed by atoms with E-state index < -0.39 is 0 Å². The number of carbonyl (C=O) groups excluding carboxylic acids is 1. The van der Waals surface area contributed by atoms with Crippen LogP contribution in [-0.2, 0) is 0 Å². The quantitative estimate of drug-likeness (QED) is 0.869. The second-order valence-electron chi connectivity index (χ2n) is 6.67. The third-order valence-electron chi connectivity index (χ3n) is 4.65. The van der Waals surface area contributed by atoms with E-state index in [0.717, 1.165) is 37.6 Å². The molecule has 4 rings (SSSR count). The highest BCUT2D eigenvalue weighted by Crippen LogP contribution is 2.24. The molecule has 7 nitrogen and oxygen atoms in total. The van der Waals surface area contributed by atoms with Crippen molar-refractivity contribution in [1.29, 1.82) is 0 Å². The van der Waals surface area contributed by atoms with Gasteiger partial charge in [0.1, 0.15) is 11.6 Å². The van der Waals surface area contributed by atoms with Gasteiger partial charge in [-0.2, -0.15) is 5.10 Å². The number of nitrogens with one attached hydrogen (secondary N) is 2. The van der Waals surface area contributed by atoms with Crippen LogP contribution in [0.15, 0.2) is 36.7 Å². The number of likely N-dealkylation sites (tertiary alicyclic amines) is 1. The Balaban J connectivity index is 1.30. The third-order valence-corrected chi connectivity index (χ3v) is 4.65. The molecular weight excluding hydrogens is 316 g/mol. The molecule has 0 unspecified atom stereocenters. The highest BCUT2D eigenvalue weighted by Gasteiger charge is 2.24. The largest absolute Gasteiger partial charge is 0.367 e. The van der Waals surface area contributed by atoms with Gasteiger partial charge in [0.05, 0.1) is 5.56 Å². The first kappa shape index (κ1) is 15.8. The molecule has 0 aromatic carbocycles. The molecule has 7 heteroatoms. The number of piperidine rings is 1. The van der Waals surface area contributed by atoms with Crippen LogP contribution in [0.3, 0.4) is 0 Å². The fraction of sp³-hybridized carbons (Fsp3) is 0.444.